The molecule has 4 heteroatoms. The zero-order valence-corrected chi connectivity index (χ0v) is 15.3. The molecule has 4 unspecified atom stereocenters. The van der Waals surface area contributed by atoms with E-state index in [-0.39, 0.29) is 0 Å². The highest BCUT2D eigenvalue weighted by Crippen LogP contribution is 2.24. The predicted octanol–water partition coefficient (Wildman–Crippen LogP) is 4.26. The van der Waals surface area contributed by atoms with Crippen LogP contribution in [-0.2, 0) is 0 Å². The lowest BCUT2D eigenvalue weighted by Crippen LogP contribution is -2.42. The SMILES string of the molecule is CC(=N\N1C(C)CCCC1C)/C(C)=N/N1C(C)CCCC1C. The Bertz CT molecular complexity index is 369. The van der Waals surface area contributed by atoms with Gasteiger partial charge >= 0.3 is 0 Å². The fourth-order valence-corrected chi connectivity index (χ4v) is 3.70. The molecule has 4 nitrogen and oxygen atoms in total. The molecule has 126 valence electrons. The molecule has 2 rings (SSSR count). The van der Waals surface area contributed by atoms with Gasteiger partial charge in [-0.25, -0.2) is 0 Å². The van der Waals surface area contributed by atoms with Crippen LogP contribution < -0.4 is 0 Å². The van der Waals surface area contributed by atoms with E-state index in [0.29, 0.717) is 24.2 Å². The molecule has 2 saturated heterocycles. The Labute approximate surface area is 136 Å². The molecule has 0 N–H and O–H groups in total. The Morgan fingerprint density at radius 3 is 1.18 bits per heavy atom. The molecule has 2 heterocycles. The van der Waals surface area contributed by atoms with Gasteiger partial charge in [0.25, 0.3) is 0 Å². The minimum atomic E-state index is 0.541. The highest BCUT2D eigenvalue weighted by molar-refractivity contribution is 6.40. The minimum absolute atomic E-state index is 0.541. The van der Waals surface area contributed by atoms with Crippen molar-refractivity contribution in [2.45, 2.75) is 104 Å². The van der Waals surface area contributed by atoms with Gasteiger partial charge in [0.15, 0.2) is 0 Å². The normalized spacial score (nSPS) is 35.0. The Kier molecular flexibility index (Phi) is 5.87. The molecule has 0 spiro atoms. The van der Waals surface area contributed by atoms with E-state index in [4.69, 9.17) is 10.2 Å². The molecule has 4 atom stereocenters. The van der Waals surface area contributed by atoms with Crippen LogP contribution in [0.5, 0.6) is 0 Å². The van der Waals surface area contributed by atoms with Gasteiger partial charge in [0, 0.05) is 24.2 Å². The zero-order chi connectivity index (χ0) is 16.3. The molecule has 0 aromatic carbocycles. The number of hydrogen-bond acceptors (Lipinski definition) is 4. The summed E-state index contributed by atoms with van der Waals surface area (Å²) in [5.74, 6) is 0. The van der Waals surface area contributed by atoms with Crippen LogP contribution in [0.15, 0.2) is 10.2 Å². The summed E-state index contributed by atoms with van der Waals surface area (Å²) in [5, 5.41) is 14.4. The van der Waals surface area contributed by atoms with Crippen molar-refractivity contribution >= 4 is 11.4 Å². The van der Waals surface area contributed by atoms with E-state index >= 15 is 0 Å². The predicted molar refractivity (Wildman–Crippen MR) is 95.4 cm³/mol. The lowest BCUT2D eigenvalue weighted by Gasteiger charge is -2.38. The van der Waals surface area contributed by atoms with Crippen molar-refractivity contribution in [3.63, 3.8) is 0 Å². The van der Waals surface area contributed by atoms with Crippen molar-refractivity contribution in [3.8, 4) is 0 Å². The summed E-state index contributed by atoms with van der Waals surface area (Å²) in [4.78, 5) is 0. The average molecular weight is 306 g/mol. The second-order valence-electron chi connectivity index (χ2n) is 7.39. The standard InChI is InChI=1S/C18H34N4/c1-13-9-7-10-14(2)21(13)19-17(5)18(6)20-22-15(3)11-8-12-16(22)4/h13-16H,7-12H2,1-6H3/b19-17+,20-18+. The van der Waals surface area contributed by atoms with Crippen molar-refractivity contribution in [3.05, 3.63) is 0 Å². The van der Waals surface area contributed by atoms with Crippen molar-refractivity contribution < 1.29 is 0 Å². The summed E-state index contributed by atoms with van der Waals surface area (Å²) in [6.45, 7) is 13.3. The first-order chi connectivity index (χ1) is 10.4. The average Bonchev–Trinajstić information content (AvgIpc) is 2.46. The van der Waals surface area contributed by atoms with E-state index in [1.807, 2.05) is 0 Å². The van der Waals surface area contributed by atoms with Crippen molar-refractivity contribution in [1.82, 2.24) is 10.0 Å². The van der Waals surface area contributed by atoms with Gasteiger partial charge in [-0.1, -0.05) is 0 Å². The first-order valence-electron chi connectivity index (χ1n) is 9.07. The fraction of sp³-hybridized carbons (Fsp3) is 0.889. The van der Waals surface area contributed by atoms with Gasteiger partial charge in [-0.15, -0.1) is 0 Å². The van der Waals surface area contributed by atoms with Crippen molar-refractivity contribution in [2.75, 3.05) is 0 Å². The first kappa shape index (κ1) is 17.3. The smallest absolute Gasteiger partial charge is 0.0804 e. The van der Waals surface area contributed by atoms with Crippen LogP contribution in [0, 0.1) is 0 Å². The van der Waals surface area contributed by atoms with Crippen LogP contribution in [0.1, 0.15) is 80.1 Å². The summed E-state index contributed by atoms with van der Waals surface area (Å²) < 4.78 is 0. The maximum Gasteiger partial charge on any atom is 0.0804 e. The van der Waals surface area contributed by atoms with Crippen LogP contribution in [0.2, 0.25) is 0 Å². The molecule has 2 aliphatic rings. The van der Waals surface area contributed by atoms with E-state index in [1.54, 1.807) is 0 Å². The zero-order valence-electron chi connectivity index (χ0n) is 15.3. The summed E-state index contributed by atoms with van der Waals surface area (Å²) in [5.41, 5.74) is 2.12. The molecule has 0 aromatic rings. The van der Waals surface area contributed by atoms with Crippen molar-refractivity contribution in [1.29, 1.82) is 0 Å². The maximum absolute atomic E-state index is 4.91. The molecule has 22 heavy (non-hydrogen) atoms. The number of rotatable bonds is 3. The van der Waals surface area contributed by atoms with E-state index in [9.17, 15) is 0 Å². The largest absolute Gasteiger partial charge is 0.291 e. The van der Waals surface area contributed by atoms with Crippen molar-refractivity contribution in [2.24, 2.45) is 10.2 Å². The van der Waals surface area contributed by atoms with Crippen LogP contribution >= 0.6 is 0 Å². The topological polar surface area (TPSA) is 31.2 Å². The van der Waals surface area contributed by atoms with E-state index in [2.05, 4.69) is 51.6 Å². The van der Waals surface area contributed by atoms with Gasteiger partial charge in [-0.05, 0) is 80.1 Å². The molecule has 2 aliphatic heterocycles. The third kappa shape index (κ3) is 4.02. The van der Waals surface area contributed by atoms with Crippen LogP contribution in [-0.4, -0.2) is 45.6 Å². The lowest BCUT2D eigenvalue weighted by atomic mass is 10.00. The molecule has 0 bridgehead atoms. The highest BCUT2D eigenvalue weighted by atomic mass is 15.5. The Morgan fingerprint density at radius 2 is 0.909 bits per heavy atom. The fourth-order valence-electron chi connectivity index (χ4n) is 3.70. The van der Waals surface area contributed by atoms with E-state index in [0.717, 1.165) is 11.4 Å². The Morgan fingerprint density at radius 1 is 0.636 bits per heavy atom. The summed E-state index contributed by atoms with van der Waals surface area (Å²) >= 11 is 0. The molecule has 0 radical (unpaired) electrons. The van der Waals surface area contributed by atoms with Gasteiger partial charge in [-0.2, -0.15) is 10.2 Å². The van der Waals surface area contributed by atoms with Crippen LogP contribution in [0.4, 0.5) is 0 Å². The first-order valence-corrected chi connectivity index (χ1v) is 9.07. The van der Waals surface area contributed by atoms with Crippen LogP contribution in [0.3, 0.4) is 0 Å². The number of hydrogen-bond donors (Lipinski definition) is 0. The number of nitrogens with zero attached hydrogens (tertiary/aromatic N) is 4. The molecular weight excluding hydrogens is 272 g/mol. The summed E-state index contributed by atoms with van der Waals surface area (Å²) in [7, 11) is 0. The van der Waals surface area contributed by atoms with Crippen LogP contribution in [0.25, 0.3) is 0 Å². The minimum Gasteiger partial charge on any atom is -0.291 e. The van der Waals surface area contributed by atoms with Gasteiger partial charge < -0.3 is 0 Å². The Hall–Kier alpha value is -1.06. The molecule has 0 amide bonds. The third-order valence-electron chi connectivity index (χ3n) is 5.35. The quantitative estimate of drug-likeness (QED) is 0.729. The lowest BCUT2D eigenvalue weighted by molar-refractivity contribution is 0.107. The molecular formula is C18H34N4. The van der Waals surface area contributed by atoms with E-state index < -0.39 is 0 Å². The van der Waals surface area contributed by atoms with Gasteiger partial charge in [-0.3, -0.25) is 10.0 Å². The molecule has 0 saturated carbocycles. The van der Waals surface area contributed by atoms with Gasteiger partial charge in [0.1, 0.15) is 0 Å². The van der Waals surface area contributed by atoms with E-state index in [1.165, 1.54) is 38.5 Å². The third-order valence-corrected chi connectivity index (χ3v) is 5.35. The highest BCUT2D eigenvalue weighted by Gasteiger charge is 2.25. The number of piperidine rings is 2. The molecule has 0 aromatic heterocycles. The maximum atomic E-state index is 4.91. The summed E-state index contributed by atoms with van der Waals surface area (Å²) in [6.07, 6.45) is 7.64. The monoisotopic (exact) mass is 306 g/mol. The summed E-state index contributed by atoms with van der Waals surface area (Å²) in [6, 6.07) is 2.16. The molecule has 0 aliphatic carbocycles. The number of hydrazone groups is 2. The van der Waals surface area contributed by atoms with Gasteiger partial charge in [0.2, 0.25) is 0 Å². The molecule has 2 fully saturated rings. The Balaban J connectivity index is 2.11. The second-order valence-corrected chi connectivity index (χ2v) is 7.39. The van der Waals surface area contributed by atoms with Gasteiger partial charge in [0.05, 0.1) is 11.4 Å². The second kappa shape index (κ2) is 7.47.